The molecule has 0 aliphatic carbocycles. The number of unbranched alkanes of at least 4 members (excludes halogenated alkanes) is 1. The van der Waals surface area contributed by atoms with E-state index in [1.807, 2.05) is 57.2 Å². The number of rotatable bonds is 42. The van der Waals surface area contributed by atoms with Crippen LogP contribution in [0.3, 0.4) is 0 Å². The number of aryl methyl sites for hydroxylation is 4. The SMILES string of the molecule is CCc1cc(OCCCCN=[N+]=[N-])ccc1-c1ccc(C[C@H](NC(=O)[C@H](CC(=O)O)NC(=O)[C@H](CO)NC(=O)[C@@H](NC(=O)[C@](C)(Cc2ccccc2F)NC(=O)[C@@H](NC(=O)CNC(=O)[C@H](Cc2nn[nH]n2)NC(=O)C(C)(C)N)[C@@H](C)O)[C@@H](C)O)C(=O)N[C@@H](CCCc2cc(C)cc(C)c2)C(N)=O)cc1. The number of aromatic nitrogens is 4. The number of carbonyl (C=O) groups is 11. The van der Waals surface area contributed by atoms with E-state index in [0.29, 0.717) is 56.6 Å². The Hall–Kier alpha value is -11.0. The van der Waals surface area contributed by atoms with Crippen molar-refractivity contribution in [3.05, 3.63) is 140 Å². The number of aliphatic hydroxyl groups excluding tert-OH is 3. The number of nitrogens with zero attached hydrogens (tertiary/aromatic N) is 6. The van der Waals surface area contributed by atoms with Crippen molar-refractivity contribution < 1.29 is 82.3 Å². The minimum atomic E-state index is -2.37. The molecular formula is C69H93FN18O16. The number of halogens is 1. The molecule has 0 aliphatic heterocycles. The molecule has 0 aliphatic rings. The first kappa shape index (κ1) is 83.7. The van der Waals surface area contributed by atoms with Gasteiger partial charge in [-0.3, -0.25) is 52.7 Å². The van der Waals surface area contributed by atoms with Gasteiger partial charge in [-0.25, -0.2) is 4.39 Å². The van der Waals surface area contributed by atoms with Gasteiger partial charge in [0.05, 0.1) is 43.9 Å². The number of aliphatic hydroxyl groups is 3. The lowest BCUT2D eigenvalue weighted by atomic mass is 9.90. The predicted molar refractivity (Wildman–Crippen MR) is 374 cm³/mol. The molecule has 34 nitrogen and oxygen atoms in total. The minimum absolute atomic E-state index is 0.00486. The van der Waals surface area contributed by atoms with Crippen LogP contribution in [0.1, 0.15) is 113 Å². The Labute approximate surface area is 598 Å². The van der Waals surface area contributed by atoms with E-state index in [1.54, 1.807) is 24.3 Å². The van der Waals surface area contributed by atoms with Crippen LogP contribution in [0.25, 0.3) is 21.6 Å². The minimum Gasteiger partial charge on any atom is -0.494 e. The second-order valence-corrected chi connectivity index (χ2v) is 26.0. The zero-order valence-electron chi connectivity index (χ0n) is 59.1. The number of primary amides is 1. The first-order valence-electron chi connectivity index (χ1n) is 33.5. The van der Waals surface area contributed by atoms with Crippen LogP contribution >= 0.6 is 0 Å². The van der Waals surface area contributed by atoms with Gasteiger partial charge in [0.25, 0.3) is 0 Å². The van der Waals surface area contributed by atoms with Crippen LogP contribution in [-0.2, 0) is 84.8 Å². The Morgan fingerprint density at radius 2 is 1.31 bits per heavy atom. The molecule has 5 rings (SSSR count). The predicted octanol–water partition coefficient (Wildman–Crippen LogP) is -0.459. The molecule has 0 saturated carbocycles. The van der Waals surface area contributed by atoms with Crippen LogP contribution in [0, 0.1) is 19.7 Å². The van der Waals surface area contributed by atoms with E-state index in [0.717, 1.165) is 60.2 Å². The molecule has 0 fully saturated rings. The molecule has 35 heteroatoms. The fourth-order valence-electron chi connectivity index (χ4n) is 10.9. The third-order valence-electron chi connectivity index (χ3n) is 16.4. The fraction of sp³-hybridized carbons (Fsp3) is 0.478. The second-order valence-electron chi connectivity index (χ2n) is 26.0. The maximum absolute atomic E-state index is 15.4. The van der Waals surface area contributed by atoms with Crippen molar-refractivity contribution in [2.75, 3.05) is 26.3 Å². The number of azide groups is 1. The van der Waals surface area contributed by atoms with E-state index in [4.69, 9.17) is 21.7 Å². The van der Waals surface area contributed by atoms with Gasteiger partial charge in [-0.2, -0.15) is 5.21 Å². The highest BCUT2D eigenvalue weighted by Gasteiger charge is 2.43. The van der Waals surface area contributed by atoms with E-state index >= 15 is 4.39 Å². The first-order valence-corrected chi connectivity index (χ1v) is 33.5. The van der Waals surface area contributed by atoms with Crippen LogP contribution in [0.15, 0.2) is 90.0 Å². The van der Waals surface area contributed by atoms with Crippen LogP contribution < -0.4 is 64.1 Å². The number of ether oxygens (including phenoxy) is 1. The number of H-pyrrole nitrogens is 1. The quantitative estimate of drug-likeness (QED) is 0.0102. The summed E-state index contributed by atoms with van der Waals surface area (Å²) >= 11 is 0. The smallest absolute Gasteiger partial charge is 0.305 e. The van der Waals surface area contributed by atoms with E-state index in [9.17, 15) is 73.2 Å². The molecule has 1 heterocycles. The lowest BCUT2D eigenvalue weighted by molar-refractivity contribution is -0.142. The van der Waals surface area contributed by atoms with Crippen molar-refractivity contribution in [1.29, 1.82) is 0 Å². The number of carboxylic acids is 1. The topological polar surface area (TPSA) is 541 Å². The van der Waals surface area contributed by atoms with Crippen molar-refractivity contribution in [1.82, 2.24) is 68.5 Å². The molecule has 1 aromatic heterocycles. The van der Waals surface area contributed by atoms with Gasteiger partial charge in [-0.05, 0) is 144 Å². The number of carboxylic acid groups (broad SMARTS) is 1. The zero-order chi connectivity index (χ0) is 77.0. The van der Waals surface area contributed by atoms with Crippen molar-refractivity contribution in [2.45, 2.75) is 185 Å². The zero-order valence-corrected chi connectivity index (χ0v) is 59.1. The maximum atomic E-state index is 15.4. The second kappa shape index (κ2) is 40.0. The first-order chi connectivity index (χ1) is 49.1. The average molecular weight is 1450 g/mol. The molecular weight excluding hydrogens is 1360 g/mol. The molecule has 0 radical (unpaired) electrons. The van der Waals surface area contributed by atoms with E-state index in [-0.39, 0.29) is 30.7 Å². The number of amides is 10. The summed E-state index contributed by atoms with van der Waals surface area (Å²) in [5, 5.41) is 80.2. The highest BCUT2D eigenvalue weighted by molar-refractivity contribution is 6.00. The Morgan fingerprint density at radius 1 is 0.692 bits per heavy atom. The van der Waals surface area contributed by atoms with Gasteiger partial charge in [0.2, 0.25) is 59.1 Å². The molecule has 0 spiro atoms. The molecule has 0 saturated heterocycles. The number of hydrogen-bond acceptors (Lipinski definition) is 20. The summed E-state index contributed by atoms with van der Waals surface area (Å²) in [6.07, 6.45) is -3.17. The van der Waals surface area contributed by atoms with Crippen LogP contribution in [-0.4, -0.2) is 198 Å². The average Bonchev–Trinajstić information content (AvgIpc) is 0.889. The van der Waals surface area contributed by atoms with Gasteiger partial charge >= 0.3 is 5.97 Å². The number of aromatic amines is 1. The molecule has 104 heavy (non-hydrogen) atoms. The normalized spacial score (nSPS) is 14.4. The fourth-order valence-corrected chi connectivity index (χ4v) is 10.9. The maximum Gasteiger partial charge on any atom is 0.305 e. The number of aliphatic carboxylic acids is 1. The van der Waals surface area contributed by atoms with Crippen LogP contribution in [0.5, 0.6) is 5.75 Å². The van der Waals surface area contributed by atoms with E-state index < -0.39 is 162 Å². The third kappa shape index (κ3) is 26.4. The van der Waals surface area contributed by atoms with E-state index in [2.05, 4.69) is 78.5 Å². The van der Waals surface area contributed by atoms with Gasteiger partial charge < -0.3 is 84.5 Å². The number of benzene rings is 4. The number of carbonyl (C=O) groups excluding carboxylic acids is 10. The number of hydrogen-bond donors (Lipinski definition) is 16. The van der Waals surface area contributed by atoms with Gasteiger partial charge in [0.15, 0.2) is 5.82 Å². The largest absolute Gasteiger partial charge is 0.494 e. The number of tetrazole rings is 1. The van der Waals surface area contributed by atoms with Gasteiger partial charge in [-0.15, -0.1) is 10.2 Å². The Bertz CT molecular complexity index is 3850. The Morgan fingerprint density at radius 3 is 1.90 bits per heavy atom. The van der Waals surface area contributed by atoms with Crippen LogP contribution in [0.4, 0.5) is 4.39 Å². The molecule has 0 bridgehead atoms. The summed E-state index contributed by atoms with van der Waals surface area (Å²) in [4.78, 5) is 154. The summed E-state index contributed by atoms with van der Waals surface area (Å²) in [6.45, 7) is 10.4. The monoisotopic (exact) mass is 1450 g/mol. The number of nitrogens with two attached hydrogens (primary N) is 2. The summed E-state index contributed by atoms with van der Waals surface area (Å²) < 4.78 is 21.4. The van der Waals surface area contributed by atoms with Gasteiger partial charge in [0.1, 0.15) is 59.4 Å². The molecule has 562 valence electrons. The lowest BCUT2D eigenvalue weighted by Crippen LogP contribution is -2.67. The molecule has 4 aromatic carbocycles. The molecule has 5 aromatic rings. The molecule has 18 N–H and O–H groups in total. The van der Waals surface area contributed by atoms with Crippen molar-refractivity contribution in [2.24, 2.45) is 16.6 Å². The standard InChI is InChI=1S/C69H93FN18O16/c1-9-43-31-46(104-26-13-12-25-75-86-73)23-24-47(43)44-21-19-41(20-22-44)30-50(61(97)76-49(59(71)95)18-14-15-42-28-37(2)27-38(3)29-42)77-62(98)52(33-56(93)94)78-63(99)53(36-89)79-64(100)57(39(4)90)82-67(103)69(8,34-45-16-10-11-17-48(45)70)83-65(101)58(40(5)91)81-55(92)35-74-60(96)51(32-54-84-87-88-85-54)80-66(102)68(6,7)72/h10-11,16-17,19-24,27-29,31,39-40,49-53,57-58,89-91H,9,12-15,18,25-26,30,32-36,72H2,1-8H3,(H2,71,95)(H,74,96)(H,76,97)(H,77,98)(H,78,99)(H,79,100)(H,80,102)(H,81,92)(H,82,103)(H,83,101)(H,93,94)(H,84,85,87,88)/t39-,40-,49+,50+,51+,52+,53+,57+,58+,69+/m1/s1. The lowest BCUT2D eigenvalue weighted by Gasteiger charge is -2.34. The molecule has 10 amide bonds. The Kier molecular flexibility index (Phi) is 32.2. The Balaban J connectivity index is 1.35. The summed E-state index contributed by atoms with van der Waals surface area (Å²) in [7, 11) is 0. The van der Waals surface area contributed by atoms with Gasteiger partial charge in [-0.1, -0.05) is 95.1 Å². The molecule has 0 unspecified atom stereocenters. The van der Waals surface area contributed by atoms with E-state index in [1.165, 1.54) is 32.0 Å². The van der Waals surface area contributed by atoms with Crippen molar-refractivity contribution >= 4 is 65.0 Å². The number of nitrogens with one attached hydrogen (secondary N) is 10. The highest BCUT2D eigenvalue weighted by atomic mass is 19.1. The third-order valence-corrected chi connectivity index (χ3v) is 16.4. The summed E-state index contributed by atoms with van der Waals surface area (Å²) in [5.41, 5.74) is 22.3. The van der Waals surface area contributed by atoms with Crippen LogP contribution in [0.2, 0.25) is 0 Å². The summed E-state index contributed by atoms with van der Waals surface area (Å²) in [6, 6.07) is 11.1. The summed E-state index contributed by atoms with van der Waals surface area (Å²) in [5.74, 6) is -13.2. The van der Waals surface area contributed by atoms with Crippen molar-refractivity contribution in [3.8, 4) is 16.9 Å². The van der Waals surface area contributed by atoms with Gasteiger partial charge in [0, 0.05) is 30.7 Å². The highest BCUT2D eigenvalue weighted by Crippen LogP contribution is 2.29. The van der Waals surface area contributed by atoms with Crippen molar-refractivity contribution in [3.63, 3.8) is 0 Å². The molecule has 10 atom stereocenters.